The summed E-state index contributed by atoms with van der Waals surface area (Å²) in [7, 11) is 0. The van der Waals surface area contributed by atoms with Crippen LogP contribution in [0.5, 0.6) is 0 Å². The molecule has 0 radical (unpaired) electrons. The molecule has 0 aliphatic heterocycles. The minimum atomic E-state index is -0.428. The number of esters is 2. The number of nitrogens with zero attached hydrogens (tertiary/aromatic N) is 2. The van der Waals surface area contributed by atoms with Crippen LogP contribution in [0.2, 0.25) is 0 Å². The van der Waals surface area contributed by atoms with Gasteiger partial charge >= 0.3 is 11.9 Å². The minimum Gasteiger partial charge on any atom is -0.462 e. The molecule has 0 bridgehead atoms. The molecule has 0 spiro atoms. The van der Waals surface area contributed by atoms with Crippen LogP contribution in [-0.4, -0.2) is 53.0 Å². The Hall–Kier alpha value is -3.40. The molecule has 1 aliphatic rings. The minimum absolute atomic E-state index is 0.0164. The van der Waals surface area contributed by atoms with Crippen molar-refractivity contribution in [1.29, 1.82) is 0 Å². The normalized spacial score (nSPS) is 13.0. The summed E-state index contributed by atoms with van der Waals surface area (Å²) >= 11 is 3.80. The third-order valence-corrected chi connectivity index (χ3v) is 9.19. The number of thioether (sulfide) groups is 1. The van der Waals surface area contributed by atoms with E-state index >= 15 is 0 Å². The van der Waals surface area contributed by atoms with Gasteiger partial charge in [0.05, 0.1) is 52.6 Å². The van der Waals surface area contributed by atoms with Gasteiger partial charge in [-0.15, -0.1) is 29.5 Å². The van der Waals surface area contributed by atoms with Gasteiger partial charge in [0.15, 0.2) is 4.80 Å². The van der Waals surface area contributed by atoms with Crippen molar-refractivity contribution >= 4 is 73.4 Å². The number of aryl methyl sites for hydroxylation is 1. The number of amides is 2. The van der Waals surface area contributed by atoms with Crippen molar-refractivity contribution in [3.05, 3.63) is 44.6 Å². The summed E-state index contributed by atoms with van der Waals surface area (Å²) in [4.78, 5) is 55.9. The van der Waals surface area contributed by atoms with Crippen molar-refractivity contribution in [2.75, 3.05) is 30.0 Å². The second-order valence-corrected chi connectivity index (χ2v) is 11.9. The zero-order valence-electron chi connectivity index (χ0n) is 22.2. The highest BCUT2D eigenvalue weighted by Crippen LogP contribution is 2.38. The van der Waals surface area contributed by atoms with E-state index in [2.05, 4.69) is 16.2 Å². The van der Waals surface area contributed by atoms with E-state index in [1.165, 1.54) is 22.7 Å². The third kappa shape index (κ3) is 6.83. The van der Waals surface area contributed by atoms with E-state index in [1.54, 1.807) is 36.6 Å². The largest absolute Gasteiger partial charge is 0.462 e. The van der Waals surface area contributed by atoms with Gasteiger partial charge in [0, 0.05) is 4.88 Å². The first-order valence-electron chi connectivity index (χ1n) is 12.9. The zero-order valence-corrected chi connectivity index (χ0v) is 24.7. The van der Waals surface area contributed by atoms with E-state index in [0.717, 1.165) is 58.1 Å². The highest BCUT2D eigenvalue weighted by molar-refractivity contribution is 8.00. The summed E-state index contributed by atoms with van der Waals surface area (Å²) in [6, 6.07) is 5.10. The van der Waals surface area contributed by atoms with Gasteiger partial charge in [0.1, 0.15) is 5.00 Å². The lowest BCUT2D eigenvalue weighted by atomic mass is 9.95. The molecular weight excluding hydrogens is 571 g/mol. The van der Waals surface area contributed by atoms with E-state index in [-0.39, 0.29) is 37.2 Å². The summed E-state index contributed by atoms with van der Waals surface area (Å²) < 4.78 is 12.8. The Kier molecular flexibility index (Phi) is 10.2. The second-order valence-electron chi connectivity index (χ2n) is 8.76. The maximum Gasteiger partial charge on any atom is 0.341 e. The molecule has 1 aromatic carbocycles. The van der Waals surface area contributed by atoms with E-state index in [1.807, 2.05) is 0 Å². The van der Waals surface area contributed by atoms with E-state index < -0.39 is 17.8 Å². The summed E-state index contributed by atoms with van der Waals surface area (Å²) in [6.07, 6.45) is 9.27. The number of ether oxygens (including phenoxy) is 2. The summed E-state index contributed by atoms with van der Waals surface area (Å²) in [6.45, 7) is 4.22. The number of rotatable bonds is 10. The quantitative estimate of drug-likeness (QED) is 0.271. The van der Waals surface area contributed by atoms with Gasteiger partial charge < -0.3 is 19.4 Å². The van der Waals surface area contributed by atoms with E-state index in [9.17, 15) is 19.2 Å². The molecule has 1 aliphatic carbocycles. The highest BCUT2D eigenvalue weighted by Gasteiger charge is 2.27. The van der Waals surface area contributed by atoms with Crippen molar-refractivity contribution in [1.82, 2.24) is 4.57 Å². The molecule has 4 rings (SSSR count). The van der Waals surface area contributed by atoms with Crippen LogP contribution < -0.4 is 10.1 Å². The Morgan fingerprint density at radius 1 is 1.07 bits per heavy atom. The van der Waals surface area contributed by atoms with Gasteiger partial charge in [-0.25, -0.2) is 9.59 Å². The fourth-order valence-electron chi connectivity index (χ4n) is 4.35. The lowest BCUT2D eigenvalue weighted by molar-refractivity contribution is -0.115. The van der Waals surface area contributed by atoms with Gasteiger partial charge in [-0.05, 0) is 63.3 Å². The fourth-order valence-corrected chi connectivity index (χ4v) is 7.33. The predicted octanol–water partition coefficient (Wildman–Crippen LogP) is 4.43. The molecule has 0 saturated heterocycles. The van der Waals surface area contributed by atoms with Crippen molar-refractivity contribution in [2.24, 2.45) is 4.99 Å². The van der Waals surface area contributed by atoms with Gasteiger partial charge in [0.2, 0.25) is 5.91 Å². The van der Waals surface area contributed by atoms with Crippen LogP contribution in [0.4, 0.5) is 5.00 Å². The molecule has 0 fully saturated rings. The van der Waals surface area contributed by atoms with Gasteiger partial charge in [-0.3, -0.25) is 9.59 Å². The van der Waals surface area contributed by atoms with E-state index in [0.29, 0.717) is 20.9 Å². The lowest BCUT2D eigenvalue weighted by Gasteiger charge is -2.12. The number of anilines is 1. The Morgan fingerprint density at radius 3 is 2.58 bits per heavy atom. The Morgan fingerprint density at radius 2 is 1.82 bits per heavy atom. The molecule has 2 aromatic heterocycles. The van der Waals surface area contributed by atoms with Gasteiger partial charge in [-0.2, -0.15) is 4.99 Å². The SMILES string of the molecule is C#CCn1c(=NC(=O)CSCC(=O)Nc2sc3c(c2C(=O)OCC)CCCC3)sc2cc(C(=O)OCC)ccc21. The first kappa shape index (κ1) is 29.6. The molecule has 1 N–H and O–H groups in total. The van der Waals surface area contributed by atoms with Crippen molar-refractivity contribution < 1.29 is 28.7 Å². The molecule has 40 heavy (non-hydrogen) atoms. The molecule has 2 heterocycles. The molecule has 12 heteroatoms. The smallest absolute Gasteiger partial charge is 0.341 e. The highest BCUT2D eigenvalue weighted by atomic mass is 32.2. The number of hydrogen-bond donors (Lipinski definition) is 1. The van der Waals surface area contributed by atoms with Crippen LogP contribution in [0.1, 0.15) is 57.8 Å². The number of thiazole rings is 1. The van der Waals surface area contributed by atoms with Crippen LogP contribution in [0.3, 0.4) is 0 Å². The molecule has 210 valence electrons. The predicted molar refractivity (Wildman–Crippen MR) is 158 cm³/mol. The Bertz CT molecular complexity index is 1560. The van der Waals surface area contributed by atoms with Gasteiger partial charge in [-0.1, -0.05) is 17.3 Å². The summed E-state index contributed by atoms with van der Waals surface area (Å²) in [5, 5.41) is 3.36. The molecule has 0 unspecified atom stereocenters. The van der Waals surface area contributed by atoms with E-state index in [4.69, 9.17) is 15.9 Å². The Balaban J connectivity index is 1.43. The number of thiophene rings is 1. The van der Waals surface area contributed by atoms with Crippen LogP contribution in [0.15, 0.2) is 23.2 Å². The number of carbonyl (C=O) groups is 4. The topological polar surface area (TPSA) is 116 Å². The average Bonchev–Trinajstić information content (AvgIpc) is 3.46. The van der Waals surface area contributed by atoms with Crippen molar-refractivity contribution in [3.63, 3.8) is 0 Å². The molecule has 9 nitrogen and oxygen atoms in total. The molecule has 2 amide bonds. The number of hydrogen-bond acceptors (Lipinski definition) is 9. The standard InChI is InChI=1S/C28H29N3O6S3/c1-4-13-31-19-12-11-17(26(34)36-5-2)14-21(19)40-28(31)30-23(33)16-38-15-22(32)29-25-24(27(35)37-6-3)18-9-7-8-10-20(18)39-25/h1,11-12,14H,5-10,13,15-16H2,2-3H3,(H,29,32). The van der Waals surface area contributed by atoms with Crippen molar-refractivity contribution in [3.8, 4) is 12.3 Å². The number of benzene rings is 1. The first-order valence-corrected chi connectivity index (χ1v) is 15.7. The second kappa shape index (κ2) is 13.8. The zero-order chi connectivity index (χ0) is 28.6. The Labute approximate surface area is 244 Å². The van der Waals surface area contributed by atoms with Crippen LogP contribution in [0, 0.1) is 12.3 Å². The maximum atomic E-state index is 12.7. The number of terminal acetylenes is 1. The van der Waals surface area contributed by atoms with Crippen LogP contribution >= 0.6 is 34.4 Å². The number of carbonyl (C=O) groups excluding carboxylic acids is 4. The van der Waals surface area contributed by atoms with Gasteiger partial charge in [0.25, 0.3) is 5.91 Å². The molecule has 0 saturated carbocycles. The summed E-state index contributed by atoms with van der Waals surface area (Å²) in [5.41, 5.74) is 2.59. The molecule has 0 atom stereocenters. The van der Waals surface area contributed by atoms with Crippen LogP contribution in [-0.2, 0) is 38.4 Å². The first-order chi connectivity index (χ1) is 19.4. The summed E-state index contributed by atoms with van der Waals surface area (Å²) in [5.74, 6) is 1.00. The number of aromatic nitrogens is 1. The maximum absolute atomic E-state index is 12.7. The number of fused-ring (bicyclic) bond motifs is 2. The monoisotopic (exact) mass is 599 g/mol. The molecular formula is C28H29N3O6S3. The number of nitrogens with one attached hydrogen (secondary N) is 1. The molecule has 3 aromatic rings. The third-order valence-electron chi connectivity index (χ3n) is 6.03. The fraction of sp³-hybridized carbons (Fsp3) is 0.393. The van der Waals surface area contributed by atoms with Crippen LogP contribution in [0.25, 0.3) is 10.2 Å². The lowest BCUT2D eigenvalue weighted by Crippen LogP contribution is -2.19. The van der Waals surface area contributed by atoms with Crippen molar-refractivity contribution in [2.45, 2.75) is 46.1 Å². The average molecular weight is 600 g/mol.